The van der Waals surface area contributed by atoms with E-state index in [-0.39, 0.29) is 35.1 Å². The molecule has 5 atom stereocenters. The maximum absolute atomic E-state index is 13.5. The van der Waals surface area contributed by atoms with Crippen LogP contribution in [0.25, 0.3) is 0 Å². The highest BCUT2D eigenvalue weighted by Crippen LogP contribution is 2.68. The molecule has 3 fully saturated rings. The Labute approximate surface area is 196 Å². The number of carbonyl (C=O) groups excluding carboxylic acids is 2. The molecular formula is C26H37N3O4. The number of carboxylic acids is 1. The lowest BCUT2D eigenvalue weighted by Crippen LogP contribution is -2.78. The lowest BCUT2D eigenvalue weighted by atomic mass is 9.50. The molecule has 1 aromatic carbocycles. The molecule has 1 heterocycles. The van der Waals surface area contributed by atoms with E-state index >= 15 is 0 Å². The van der Waals surface area contributed by atoms with Crippen molar-refractivity contribution >= 4 is 23.5 Å². The first-order valence-corrected chi connectivity index (χ1v) is 12.2. The molecule has 1 aromatic rings. The van der Waals surface area contributed by atoms with Crippen molar-refractivity contribution in [3.8, 4) is 0 Å². The highest BCUT2D eigenvalue weighted by atomic mass is 16.4. The van der Waals surface area contributed by atoms with Crippen molar-refractivity contribution in [3.63, 3.8) is 0 Å². The van der Waals surface area contributed by atoms with E-state index < -0.39 is 12.0 Å². The topological polar surface area (TPSA) is 98.7 Å². The standard InChI is InChI=1S/C26H37N3O4/c1-16(30)27-19-8-5-17(6-9-19)15-20(24(32)33)28-23(31)22-26-12-11-18(26)7-10-21(26)29(22)14-13-25(2,3)4/h5-6,8-9,18,20-22H,7,10-15H2,1-4H3,(H,27,30)(H,28,31)(H,32,33)/t18?,20-,21?,22+,26?/m0/s1. The largest absolute Gasteiger partial charge is 0.480 e. The first-order valence-electron chi connectivity index (χ1n) is 12.2. The summed E-state index contributed by atoms with van der Waals surface area (Å²) in [5.74, 6) is -0.711. The Morgan fingerprint density at radius 3 is 2.39 bits per heavy atom. The summed E-state index contributed by atoms with van der Waals surface area (Å²) in [6.07, 6.45) is 5.82. The maximum atomic E-state index is 13.5. The predicted molar refractivity (Wildman–Crippen MR) is 127 cm³/mol. The van der Waals surface area contributed by atoms with E-state index in [2.05, 4.69) is 36.3 Å². The molecule has 4 rings (SSSR count). The summed E-state index contributed by atoms with van der Waals surface area (Å²) in [5, 5.41) is 15.4. The zero-order valence-corrected chi connectivity index (χ0v) is 20.2. The second-order valence-corrected chi connectivity index (χ2v) is 11.4. The second kappa shape index (κ2) is 8.75. The third-order valence-electron chi connectivity index (χ3n) is 8.03. The van der Waals surface area contributed by atoms with Gasteiger partial charge in [-0.1, -0.05) is 32.9 Å². The summed E-state index contributed by atoms with van der Waals surface area (Å²) < 4.78 is 0. The highest BCUT2D eigenvalue weighted by Gasteiger charge is 2.72. The second-order valence-electron chi connectivity index (χ2n) is 11.4. The summed E-state index contributed by atoms with van der Waals surface area (Å²) in [7, 11) is 0. The predicted octanol–water partition coefficient (Wildman–Crippen LogP) is 3.44. The monoisotopic (exact) mass is 455 g/mol. The van der Waals surface area contributed by atoms with Gasteiger partial charge in [0.25, 0.3) is 0 Å². The minimum atomic E-state index is -1.03. The van der Waals surface area contributed by atoms with E-state index in [1.54, 1.807) is 24.3 Å². The molecule has 3 N–H and O–H groups in total. The zero-order chi connectivity index (χ0) is 24.0. The Morgan fingerprint density at radius 2 is 1.85 bits per heavy atom. The van der Waals surface area contributed by atoms with Gasteiger partial charge in [0, 0.05) is 30.5 Å². The molecule has 180 valence electrons. The number of amides is 2. The number of benzene rings is 1. The maximum Gasteiger partial charge on any atom is 0.326 e. The van der Waals surface area contributed by atoms with E-state index in [4.69, 9.17) is 0 Å². The van der Waals surface area contributed by atoms with Gasteiger partial charge in [0.15, 0.2) is 0 Å². The molecule has 7 heteroatoms. The van der Waals surface area contributed by atoms with Gasteiger partial charge in [-0.3, -0.25) is 14.5 Å². The molecule has 1 saturated heterocycles. The Balaban J connectivity index is 1.45. The average molecular weight is 456 g/mol. The van der Waals surface area contributed by atoms with E-state index in [0.29, 0.717) is 17.6 Å². The van der Waals surface area contributed by atoms with Gasteiger partial charge in [-0.2, -0.15) is 0 Å². The Kier molecular flexibility index (Phi) is 6.29. The van der Waals surface area contributed by atoms with Crippen molar-refractivity contribution in [1.82, 2.24) is 10.2 Å². The number of nitrogens with zero attached hydrogens (tertiary/aromatic N) is 1. The minimum Gasteiger partial charge on any atom is -0.480 e. The van der Waals surface area contributed by atoms with Crippen molar-refractivity contribution in [2.24, 2.45) is 16.7 Å². The van der Waals surface area contributed by atoms with Crippen LogP contribution in [0.5, 0.6) is 0 Å². The third kappa shape index (κ3) is 4.52. The van der Waals surface area contributed by atoms with Crippen LogP contribution in [-0.2, 0) is 20.8 Å². The number of nitrogens with one attached hydrogen (secondary N) is 2. The summed E-state index contributed by atoms with van der Waals surface area (Å²) in [6, 6.07) is 6.36. The van der Waals surface area contributed by atoms with Crippen LogP contribution in [0.1, 0.15) is 65.4 Å². The van der Waals surface area contributed by atoms with E-state index in [0.717, 1.165) is 31.4 Å². The van der Waals surface area contributed by atoms with Crippen molar-refractivity contribution in [2.45, 2.75) is 84.3 Å². The summed E-state index contributed by atoms with van der Waals surface area (Å²) >= 11 is 0. The van der Waals surface area contributed by atoms with Crippen LogP contribution < -0.4 is 10.6 Å². The highest BCUT2D eigenvalue weighted by molar-refractivity contribution is 5.89. The van der Waals surface area contributed by atoms with Crippen LogP contribution in [0, 0.1) is 16.7 Å². The van der Waals surface area contributed by atoms with E-state index in [1.165, 1.54) is 19.8 Å². The molecular weight excluding hydrogens is 418 g/mol. The molecule has 3 aliphatic rings. The Hall–Kier alpha value is -2.41. The van der Waals surface area contributed by atoms with Crippen LogP contribution in [0.2, 0.25) is 0 Å². The lowest BCUT2D eigenvalue weighted by molar-refractivity contribution is -0.197. The van der Waals surface area contributed by atoms with Gasteiger partial charge in [-0.25, -0.2) is 4.79 Å². The average Bonchev–Trinajstić information content (AvgIpc) is 2.88. The molecule has 2 amide bonds. The SMILES string of the molecule is CC(=O)Nc1ccc(C[C@H](NC(=O)[C@H]2N(CCC(C)(C)C)C3CCC4CCC432)C(=O)O)cc1. The number of rotatable bonds is 8. The van der Waals surface area contributed by atoms with Gasteiger partial charge < -0.3 is 15.7 Å². The van der Waals surface area contributed by atoms with Crippen molar-refractivity contribution < 1.29 is 19.5 Å². The van der Waals surface area contributed by atoms with Crippen molar-refractivity contribution in [2.75, 3.05) is 11.9 Å². The number of aliphatic carboxylic acids is 1. The van der Waals surface area contributed by atoms with Crippen molar-refractivity contribution in [1.29, 1.82) is 0 Å². The smallest absolute Gasteiger partial charge is 0.326 e. The fourth-order valence-corrected chi connectivity index (χ4v) is 6.34. The van der Waals surface area contributed by atoms with Crippen molar-refractivity contribution in [3.05, 3.63) is 29.8 Å². The van der Waals surface area contributed by atoms with Gasteiger partial charge in [0.1, 0.15) is 6.04 Å². The van der Waals surface area contributed by atoms with Crippen LogP contribution in [0.15, 0.2) is 24.3 Å². The fraction of sp³-hybridized carbons (Fsp3) is 0.654. The van der Waals surface area contributed by atoms with Gasteiger partial charge in [-0.15, -0.1) is 0 Å². The molecule has 7 nitrogen and oxygen atoms in total. The first-order chi connectivity index (χ1) is 15.5. The molecule has 0 radical (unpaired) electrons. The molecule has 2 saturated carbocycles. The zero-order valence-electron chi connectivity index (χ0n) is 20.2. The summed E-state index contributed by atoms with van der Waals surface area (Å²) in [4.78, 5) is 39.1. The molecule has 2 aliphatic carbocycles. The minimum absolute atomic E-state index is 0.0605. The number of anilines is 1. The first kappa shape index (κ1) is 23.7. The normalized spacial score (nSPS) is 29.2. The van der Waals surface area contributed by atoms with Gasteiger partial charge in [-0.05, 0) is 67.7 Å². The lowest BCUT2D eigenvalue weighted by Gasteiger charge is -2.67. The molecule has 0 aromatic heterocycles. The molecule has 33 heavy (non-hydrogen) atoms. The molecule has 0 bridgehead atoms. The fourth-order valence-electron chi connectivity index (χ4n) is 6.34. The number of carbonyl (C=O) groups is 3. The Morgan fingerprint density at radius 1 is 1.15 bits per heavy atom. The summed E-state index contributed by atoms with van der Waals surface area (Å²) in [5.41, 5.74) is 1.71. The Bertz CT molecular complexity index is 922. The molecule has 1 aliphatic heterocycles. The van der Waals surface area contributed by atoms with E-state index in [1.807, 2.05) is 0 Å². The van der Waals surface area contributed by atoms with Gasteiger partial charge >= 0.3 is 5.97 Å². The van der Waals surface area contributed by atoms with Crippen LogP contribution >= 0.6 is 0 Å². The third-order valence-corrected chi connectivity index (χ3v) is 8.03. The van der Waals surface area contributed by atoms with E-state index in [9.17, 15) is 19.5 Å². The number of hydrogen-bond donors (Lipinski definition) is 3. The summed E-state index contributed by atoms with van der Waals surface area (Å²) in [6.45, 7) is 8.97. The van der Waals surface area contributed by atoms with Gasteiger partial charge in [0.05, 0.1) is 6.04 Å². The number of likely N-dealkylation sites (tertiary alicyclic amines) is 1. The van der Waals surface area contributed by atoms with Crippen LogP contribution in [0.4, 0.5) is 5.69 Å². The molecule has 3 unspecified atom stereocenters. The number of hydrogen-bond acceptors (Lipinski definition) is 4. The molecule has 1 spiro atoms. The van der Waals surface area contributed by atoms with Crippen LogP contribution in [-0.4, -0.2) is 52.5 Å². The quantitative estimate of drug-likeness (QED) is 0.558. The number of carboxylic acid groups (broad SMARTS) is 1. The van der Waals surface area contributed by atoms with Gasteiger partial charge in [0.2, 0.25) is 11.8 Å². The van der Waals surface area contributed by atoms with Crippen LogP contribution in [0.3, 0.4) is 0 Å².